The molecule has 0 saturated carbocycles. The number of benzene rings is 2. The molecule has 6 heteroatoms. The molecule has 1 fully saturated rings. The van der Waals surface area contributed by atoms with E-state index in [4.69, 9.17) is 4.74 Å². The molecule has 0 spiro atoms. The van der Waals surface area contributed by atoms with Gasteiger partial charge in [0.15, 0.2) is 0 Å². The van der Waals surface area contributed by atoms with E-state index < -0.39 is 0 Å². The summed E-state index contributed by atoms with van der Waals surface area (Å²) in [7, 11) is 0. The Hall–Kier alpha value is -1.76. The van der Waals surface area contributed by atoms with E-state index in [1.54, 1.807) is 12.1 Å². The second-order valence-corrected chi connectivity index (χ2v) is 7.26. The number of hydrogen-bond donors (Lipinski definition) is 1. The van der Waals surface area contributed by atoms with E-state index in [2.05, 4.69) is 38.3 Å². The number of amides is 1. The summed E-state index contributed by atoms with van der Waals surface area (Å²) in [5.74, 6) is -0.409. The first kappa shape index (κ1) is 19.0. The van der Waals surface area contributed by atoms with Crippen LogP contribution in [0.2, 0.25) is 0 Å². The van der Waals surface area contributed by atoms with Crippen LogP contribution >= 0.6 is 15.9 Å². The van der Waals surface area contributed by atoms with Gasteiger partial charge in [-0.05, 0) is 44.8 Å². The van der Waals surface area contributed by atoms with Gasteiger partial charge in [-0.1, -0.05) is 30.3 Å². The number of carbonyl (C=O) groups excluding carboxylic acids is 1. The normalized spacial score (nSPS) is 15.0. The highest BCUT2D eigenvalue weighted by molar-refractivity contribution is 9.10. The Labute approximate surface area is 161 Å². The van der Waals surface area contributed by atoms with E-state index in [1.807, 2.05) is 12.1 Å². The predicted molar refractivity (Wildman–Crippen MR) is 102 cm³/mol. The first-order valence-corrected chi connectivity index (χ1v) is 9.48. The number of nitrogens with zero attached hydrogens (tertiary/aromatic N) is 1. The summed E-state index contributed by atoms with van der Waals surface area (Å²) in [6, 6.07) is 12.9. The number of nitrogens with one attached hydrogen (secondary N) is 1. The van der Waals surface area contributed by atoms with Gasteiger partial charge in [-0.15, -0.1) is 0 Å². The average Bonchev–Trinajstić information content (AvgIpc) is 2.64. The van der Waals surface area contributed by atoms with Gasteiger partial charge in [0.1, 0.15) is 5.82 Å². The van der Waals surface area contributed by atoms with Crippen LogP contribution in [0.1, 0.15) is 16.7 Å². The third-order valence-electron chi connectivity index (χ3n) is 4.34. The van der Waals surface area contributed by atoms with Crippen molar-refractivity contribution in [2.45, 2.75) is 19.5 Å². The molecule has 138 valence electrons. The van der Waals surface area contributed by atoms with E-state index in [1.165, 1.54) is 11.6 Å². The Bertz CT molecular complexity index is 763. The second-order valence-electron chi connectivity index (χ2n) is 6.41. The largest absolute Gasteiger partial charge is 0.379 e. The highest BCUT2D eigenvalue weighted by Gasteiger charge is 2.11. The van der Waals surface area contributed by atoms with Crippen molar-refractivity contribution in [3.05, 3.63) is 69.4 Å². The van der Waals surface area contributed by atoms with Crippen LogP contribution in [0.5, 0.6) is 0 Å². The number of hydrogen-bond acceptors (Lipinski definition) is 3. The van der Waals surface area contributed by atoms with Gasteiger partial charge in [0.05, 0.1) is 24.1 Å². The van der Waals surface area contributed by atoms with Crippen LogP contribution in [0.4, 0.5) is 4.39 Å². The van der Waals surface area contributed by atoms with Crippen molar-refractivity contribution < 1.29 is 13.9 Å². The lowest BCUT2D eigenvalue weighted by Crippen LogP contribution is -2.35. The molecule has 1 aliphatic rings. The zero-order chi connectivity index (χ0) is 18.4. The van der Waals surface area contributed by atoms with Crippen molar-refractivity contribution in [2.24, 2.45) is 0 Å². The quantitative estimate of drug-likeness (QED) is 0.779. The summed E-state index contributed by atoms with van der Waals surface area (Å²) >= 11 is 3.14. The van der Waals surface area contributed by atoms with Gasteiger partial charge in [-0.2, -0.15) is 0 Å². The van der Waals surface area contributed by atoms with E-state index in [9.17, 15) is 9.18 Å². The number of carbonyl (C=O) groups is 1. The van der Waals surface area contributed by atoms with Crippen molar-refractivity contribution in [1.82, 2.24) is 10.2 Å². The summed E-state index contributed by atoms with van der Waals surface area (Å²) in [6.45, 7) is 4.86. The standard InChI is InChI=1S/C20H22BrFN2O2/c21-18-11-15(4-5-19(18)22)12-20(25)23-13-16-2-1-3-17(10-16)14-24-6-8-26-9-7-24/h1-5,10-11H,6-9,12-14H2,(H,23,25). The summed E-state index contributed by atoms with van der Waals surface area (Å²) in [4.78, 5) is 14.5. The van der Waals surface area contributed by atoms with Gasteiger partial charge in [-0.3, -0.25) is 9.69 Å². The minimum atomic E-state index is -0.328. The summed E-state index contributed by atoms with van der Waals surface area (Å²) < 4.78 is 19.0. The minimum Gasteiger partial charge on any atom is -0.379 e. The molecule has 26 heavy (non-hydrogen) atoms. The first-order valence-electron chi connectivity index (χ1n) is 8.69. The van der Waals surface area contributed by atoms with Crippen LogP contribution in [-0.2, 0) is 29.0 Å². The fourth-order valence-corrected chi connectivity index (χ4v) is 3.38. The zero-order valence-corrected chi connectivity index (χ0v) is 16.1. The highest BCUT2D eigenvalue weighted by Crippen LogP contribution is 2.17. The molecule has 0 aliphatic carbocycles. The van der Waals surface area contributed by atoms with Gasteiger partial charge < -0.3 is 10.1 Å². The molecule has 1 saturated heterocycles. The Morgan fingerprint density at radius 2 is 1.88 bits per heavy atom. The van der Waals surface area contributed by atoms with Gasteiger partial charge >= 0.3 is 0 Å². The molecular weight excluding hydrogens is 399 g/mol. The van der Waals surface area contributed by atoms with E-state index in [0.717, 1.165) is 44.0 Å². The molecule has 0 radical (unpaired) electrons. The fourth-order valence-electron chi connectivity index (χ4n) is 2.95. The SMILES string of the molecule is O=C(Cc1ccc(F)c(Br)c1)NCc1cccc(CN2CCOCC2)c1. The Balaban J connectivity index is 1.51. The molecule has 1 N–H and O–H groups in total. The third kappa shape index (κ3) is 5.62. The molecule has 1 heterocycles. The van der Waals surface area contributed by atoms with Gasteiger partial charge in [0, 0.05) is 26.2 Å². The smallest absolute Gasteiger partial charge is 0.224 e. The lowest BCUT2D eigenvalue weighted by Gasteiger charge is -2.26. The zero-order valence-electron chi connectivity index (χ0n) is 14.5. The Morgan fingerprint density at radius 1 is 1.12 bits per heavy atom. The van der Waals surface area contributed by atoms with Crippen LogP contribution in [0.15, 0.2) is 46.9 Å². The van der Waals surface area contributed by atoms with E-state index in [-0.39, 0.29) is 18.1 Å². The number of morpholine rings is 1. The number of rotatable bonds is 6. The molecule has 2 aromatic carbocycles. The number of halogens is 2. The molecule has 0 aromatic heterocycles. The molecule has 0 atom stereocenters. The maximum absolute atomic E-state index is 13.3. The molecule has 4 nitrogen and oxygen atoms in total. The highest BCUT2D eigenvalue weighted by atomic mass is 79.9. The van der Waals surface area contributed by atoms with E-state index >= 15 is 0 Å². The van der Waals surface area contributed by atoms with Crippen LogP contribution in [0.25, 0.3) is 0 Å². The lowest BCUT2D eigenvalue weighted by molar-refractivity contribution is -0.120. The molecule has 1 amide bonds. The topological polar surface area (TPSA) is 41.6 Å². The third-order valence-corrected chi connectivity index (χ3v) is 4.95. The maximum Gasteiger partial charge on any atom is 0.224 e. The monoisotopic (exact) mass is 420 g/mol. The Kier molecular flexibility index (Phi) is 6.77. The van der Waals surface area contributed by atoms with Crippen molar-refractivity contribution in [2.75, 3.05) is 26.3 Å². The molecule has 2 aromatic rings. The maximum atomic E-state index is 13.3. The van der Waals surface area contributed by atoms with Crippen LogP contribution in [0, 0.1) is 5.82 Å². The van der Waals surface area contributed by atoms with Crippen molar-refractivity contribution in [3.63, 3.8) is 0 Å². The van der Waals surface area contributed by atoms with Crippen molar-refractivity contribution in [1.29, 1.82) is 0 Å². The van der Waals surface area contributed by atoms with Crippen LogP contribution in [0.3, 0.4) is 0 Å². The minimum absolute atomic E-state index is 0.0814. The van der Waals surface area contributed by atoms with E-state index in [0.29, 0.717) is 11.0 Å². The molecular formula is C20H22BrFN2O2. The summed E-state index contributed by atoms with van der Waals surface area (Å²) in [5.41, 5.74) is 3.09. The van der Waals surface area contributed by atoms with Gasteiger partial charge in [0.2, 0.25) is 5.91 Å². The van der Waals surface area contributed by atoms with Crippen LogP contribution < -0.4 is 5.32 Å². The van der Waals surface area contributed by atoms with Crippen molar-refractivity contribution in [3.8, 4) is 0 Å². The van der Waals surface area contributed by atoms with Crippen molar-refractivity contribution >= 4 is 21.8 Å². The van der Waals surface area contributed by atoms with Crippen LogP contribution in [-0.4, -0.2) is 37.1 Å². The molecule has 0 unspecified atom stereocenters. The average molecular weight is 421 g/mol. The molecule has 1 aliphatic heterocycles. The summed E-state index contributed by atoms with van der Waals surface area (Å²) in [5, 5.41) is 2.93. The first-order chi connectivity index (χ1) is 12.6. The second kappa shape index (κ2) is 9.26. The predicted octanol–water partition coefficient (Wildman–Crippen LogP) is 3.28. The molecule has 3 rings (SSSR count). The molecule has 0 bridgehead atoms. The van der Waals surface area contributed by atoms with Gasteiger partial charge in [0.25, 0.3) is 0 Å². The van der Waals surface area contributed by atoms with Gasteiger partial charge in [-0.25, -0.2) is 4.39 Å². The lowest BCUT2D eigenvalue weighted by atomic mass is 10.1. The summed E-state index contributed by atoms with van der Waals surface area (Å²) in [6.07, 6.45) is 0.229. The fraction of sp³-hybridized carbons (Fsp3) is 0.350. The Morgan fingerprint density at radius 3 is 2.65 bits per heavy atom. The number of ether oxygens (including phenoxy) is 1.